The van der Waals surface area contributed by atoms with Crippen molar-refractivity contribution in [1.29, 1.82) is 0 Å². The van der Waals surface area contributed by atoms with Crippen LogP contribution in [0, 0.1) is 6.92 Å². The second-order valence-electron chi connectivity index (χ2n) is 5.01. The van der Waals surface area contributed by atoms with Crippen LogP contribution in [-0.2, 0) is 6.42 Å². The van der Waals surface area contributed by atoms with Gasteiger partial charge >= 0.3 is 0 Å². The first kappa shape index (κ1) is 12.7. The summed E-state index contributed by atoms with van der Waals surface area (Å²) >= 11 is 0. The van der Waals surface area contributed by atoms with Gasteiger partial charge in [0.25, 0.3) is 0 Å². The smallest absolute Gasteiger partial charge is 0.129 e. The predicted molar refractivity (Wildman–Crippen MR) is 85.1 cm³/mol. The van der Waals surface area contributed by atoms with Gasteiger partial charge in [0, 0.05) is 11.9 Å². The van der Waals surface area contributed by atoms with Crippen molar-refractivity contribution in [2.75, 3.05) is 11.9 Å². The van der Waals surface area contributed by atoms with Gasteiger partial charge in [-0.2, -0.15) is 0 Å². The molecule has 0 radical (unpaired) electrons. The Kier molecular flexibility index (Phi) is 3.64. The minimum atomic E-state index is 0.899. The maximum atomic E-state index is 4.69. The molecule has 0 aliphatic rings. The molecule has 3 rings (SSSR count). The van der Waals surface area contributed by atoms with Crippen LogP contribution >= 0.6 is 0 Å². The van der Waals surface area contributed by atoms with Crippen molar-refractivity contribution < 1.29 is 0 Å². The van der Waals surface area contributed by atoms with E-state index in [-0.39, 0.29) is 0 Å². The number of anilines is 1. The fourth-order valence-electron chi connectivity index (χ4n) is 2.37. The zero-order valence-corrected chi connectivity index (χ0v) is 11.6. The normalized spacial score (nSPS) is 10.7. The van der Waals surface area contributed by atoms with Crippen LogP contribution in [0.3, 0.4) is 0 Å². The molecule has 1 N–H and O–H groups in total. The molecule has 0 saturated carbocycles. The van der Waals surface area contributed by atoms with Gasteiger partial charge in [0.05, 0.1) is 5.52 Å². The number of benzene rings is 2. The Morgan fingerprint density at radius 2 is 1.70 bits per heavy atom. The molecule has 20 heavy (non-hydrogen) atoms. The van der Waals surface area contributed by atoms with Crippen molar-refractivity contribution in [2.45, 2.75) is 13.3 Å². The number of para-hydroxylation sites is 1. The van der Waals surface area contributed by atoms with Crippen molar-refractivity contribution >= 4 is 16.7 Å². The lowest BCUT2D eigenvalue weighted by Gasteiger charge is -2.10. The van der Waals surface area contributed by atoms with Crippen molar-refractivity contribution in [3.8, 4) is 0 Å². The molecule has 0 bridgehead atoms. The van der Waals surface area contributed by atoms with Gasteiger partial charge in [0.1, 0.15) is 5.82 Å². The minimum absolute atomic E-state index is 0.899. The van der Waals surface area contributed by atoms with Gasteiger partial charge in [-0.15, -0.1) is 0 Å². The van der Waals surface area contributed by atoms with Gasteiger partial charge in [-0.05, 0) is 36.6 Å². The van der Waals surface area contributed by atoms with E-state index in [4.69, 9.17) is 4.98 Å². The molecule has 0 aliphatic heterocycles. The van der Waals surface area contributed by atoms with Gasteiger partial charge in [-0.3, -0.25) is 0 Å². The highest BCUT2D eigenvalue weighted by atomic mass is 15.0. The molecule has 0 atom stereocenters. The number of aryl methyl sites for hydroxylation is 1. The number of pyridine rings is 1. The average Bonchev–Trinajstić information content (AvgIpc) is 2.49. The highest BCUT2D eigenvalue weighted by Crippen LogP contribution is 2.19. The van der Waals surface area contributed by atoms with E-state index in [1.807, 2.05) is 18.2 Å². The summed E-state index contributed by atoms with van der Waals surface area (Å²) in [7, 11) is 0. The van der Waals surface area contributed by atoms with Crippen molar-refractivity contribution in [1.82, 2.24) is 4.98 Å². The summed E-state index contributed by atoms with van der Waals surface area (Å²) in [5.74, 6) is 0.986. The number of nitrogens with zero attached hydrogens (tertiary/aromatic N) is 1. The van der Waals surface area contributed by atoms with E-state index in [0.29, 0.717) is 0 Å². The summed E-state index contributed by atoms with van der Waals surface area (Å²) in [4.78, 5) is 4.69. The Hall–Kier alpha value is -2.35. The van der Waals surface area contributed by atoms with Crippen molar-refractivity contribution in [3.05, 3.63) is 71.8 Å². The molecule has 2 heteroatoms. The van der Waals surface area contributed by atoms with Gasteiger partial charge in [-0.1, -0.05) is 48.5 Å². The second kappa shape index (κ2) is 5.74. The Balaban J connectivity index is 1.72. The maximum Gasteiger partial charge on any atom is 0.129 e. The molecule has 0 aliphatic carbocycles. The Morgan fingerprint density at radius 1 is 0.950 bits per heavy atom. The van der Waals surface area contributed by atoms with E-state index in [1.165, 1.54) is 16.5 Å². The van der Waals surface area contributed by atoms with E-state index >= 15 is 0 Å². The zero-order chi connectivity index (χ0) is 13.8. The zero-order valence-electron chi connectivity index (χ0n) is 11.6. The number of fused-ring (bicyclic) bond motifs is 1. The molecule has 3 aromatic rings. The fourth-order valence-corrected chi connectivity index (χ4v) is 2.37. The molecule has 1 aromatic heterocycles. The highest BCUT2D eigenvalue weighted by Gasteiger charge is 2.02. The second-order valence-corrected chi connectivity index (χ2v) is 5.01. The monoisotopic (exact) mass is 262 g/mol. The Bertz CT molecular complexity index is 705. The lowest BCUT2D eigenvalue weighted by molar-refractivity contribution is 1.01. The lowest BCUT2D eigenvalue weighted by Crippen LogP contribution is -2.07. The number of aromatic nitrogens is 1. The molecule has 2 nitrogen and oxygen atoms in total. The summed E-state index contributed by atoms with van der Waals surface area (Å²) in [6.07, 6.45) is 1.01. The van der Waals surface area contributed by atoms with Crippen LogP contribution in [0.25, 0.3) is 10.9 Å². The van der Waals surface area contributed by atoms with Gasteiger partial charge in [0.15, 0.2) is 0 Å². The first-order chi connectivity index (χ1) is 9.83. The van der Waals surface area contributed by atoms with Gasteiger partial charge in [0.2, 0.25) is 0 Å². The Morgan fingerprint density at radius 3 is 2.55 bits per heavy atom. The van der Waals surface area contributed by atoms with Crippen LogP contribution < -0.4 is 5.32 Å². The third kappa shape index (κ3) is 2.80. The van der Waals surface area contributed by atoms with Crippen LogP contribution in [0.15, 0.2) is 60.7 Å². The minimum Gasteiger partial charge on any atom is -0.370 e. The molecule has 100 valence electrons. The molecule has 0 amide bonds. The molecule has 0 saturated heterocycles. The predicted octanol–water partition coefficient (Wildman–Crippen LogP) is 4.20. The third-order valence-corrected chi connectivity index (χ3v) is 3.46. The number of hydrogen-bond donors (Lipinski definition) is 1. The van der Waals surface area contributed by atoms with Crippen molar-refractivity contribution in [3.63, 3.8) is 0 Å². The molecule has 0 spiro atoms. The maximum absolute atomic E-state index is 4.69. The first-order valence-electron chi connectivity index (χ1n) is 6.97. The summed E-state index contributed by atoms with van der Waals surface area (Å²) < 4.78 is 0. The summed E-state index contributed by atoms with van der Waals surface area (Å²) in [5.41, 5.74) is 3.58. The quantitative estimate of drug-likeness (QED) is 0.762. The fraction of sp³-hybridized carbons (Fsp3) is 0.167. The average molecular weight is 262 g/mol. The van der Waals surface area contributed by atoms with E-state index in [9.17, 15) is 0 Å². The lowest BCUT2D eigenvalue weighted by atomic mass is 10.1. The first-order valence-corrected chi connectivity index (χ1v) is 6.97. The van der Waals surface area contributed by atoms with Gasteiger partial charge in [-0.25, -0.2) is 4.98 Å². The number of hydrogen-bond acceptors (Lipinski definition) is 2. The largest absolute Gasteiger partial charge is 0.370 e. The number of nitrogens with one attached hydrogen (secondary N) is 1. The SMILES string of the molecule is Cc1cc2ccccc2nc1NCCc1ccccc1. The topological polar surface area (TPSA) is 24.9 Å². The van der Waals surface area contributed by atoms with Crippen LogP contribution in [0.5, 0.6) is 0 Å². The van der Waals surface area contributed by atoms with Gasteiger partial charge < -0.3 is 5.32 Å². The summed E-state index contributed by atoms with van der Waals surface area (Å²) in [6.45, 7) is 3.00. The molecule has 0 fully saturated rings. The van der Waals surface area contributed by atoms with Crippen LogP contribution in [0.2, 0.25) is 0 Å². The highest BCUT2D eigenvalue weighted by molar-refractivity contribution is 5.81. The standard InChI is InChI=1S/C18H18N2/c1-14-13-16-9-5-6-10-17(16)20-18(14)19-12-11-15-7-3-2-4-8-15/h2-10,13H,11-12H2,1H3,(H,19,20). The van der Waals surface area contributed by atoms with E-state index in [1.54, 1.807) is 0 Å². The molecule has 0 unspecified atom stereocenters. The van der Waals surface area contributed by atoms with Crippen LogP contribution in [0.1, 0.15) is 11.1 Å². The van der Waals surface area contributed by atoms with E-state index in [0.717, 1.165) is 24.3 Å². The van der Waals surface area contributed by atoms with E-state index in [2.05, 4.69) is 54.7 Å². The Labute approximate surface area is 119 Å². The molecule has 2 aromatic carbocycles. The van der Waals surface area contributed by atoms with Crippen LogP contribution in [0.4, 0.5) is 5.82 Å². The molecular weight excluding hydrogens is 244 g/mol. The summed E-state index contributed by atoms with van der Waals surface area (Å²) in [5, 5.41) is 4.64. The van der Waals surface area contributed by atoms with E-state index < -0.39 is 0 Å². The molecular formula is C18H18N2. The van der Waals surface area contributed by atoms with Crippen LogP contribution in [-0.4, -0.2) is 11.5 Å². The molecule has 1 heterocycles. The third-order valence-electron chi connectivity index (χ3n) is 3.46. The number of rotatable bonds is 4. The van der Waals surface area contributed by atoms with Crippen molar-refractivity contribution in [2.24, 2.45) is 0 Å². The summed E-state index contributed by atoms with van der Waals surface area (Å²) in [6, 6.07) is 20.9.